The topological polar surface area (TPSA) is 38.5 Å². The van der Waals surface area contributed by atoms with Crippen LogP contribution in [0.5, 0.6) is 0 Å². The van der Waals surface area contributed by atoms with Gasteiger partial charge in [0, 0.05) is 29.0 Å². The van der Waals surface area contributed by atoms with Crippen LogP contribution in [-0.2, 0) is 4.74 Å². The molecule has 1 aliphatic heterocycles. The summed E-state index contributed by atoms with van der Waals surface area (Å²) in [5.74, 6) is 0. The number of nitrogens with zero attached hydrogens (tertiary/aromatic N) is 1. The third-order valence-electron chi connectivity index (χ3n) is 3.16. The molecule has 0 bridgehead atoms. The van der Waals surface area contributed by atoms with Gasteiger partial charge in [0.25, 0.3) is 0 Å². The van der Waals surface area contributed by atoms with Gasteiger partial charge in [-0.15, -0.1) is 0 Å². The van der Waals surface area contributed by atoms with E-state index in [9.17, 15) is 0 Å². The van der Waals surface area contributed by atoms with E-state index >= 15 is 0 Å². The zero-order valence-corrected chi connectivity index (χ0v) is 12.3. The molecular weight excluding hydrogens is 327 g/mol. The average molecular weight is 346 g/mol. The Kier molecular flexibility index (Phi) is 4.50. The first-order valence-corrected chi connectivity index (χ1v) is 7.20. The molecule has 0 unspecified atom stereocenters. The predicted octanol–water partition coefficient (Wildman–Crippen LogP) is 2.88. The summed E-state index contributed by atoms with van der Waals surface area (Å²) >= 11 is 2.36. The van der Waals surface area contributed by atoms with Crippen LogP contribution < -0.4 is 10.6 Å². The average Bonchev–Trinajstić information content (AvgIpc) is 2.31. The lowest BCUT2D eigenvalue weighted by atomic mass is 10.1. The van der Waals surface area contributed by atoms with Crippen LogP contribution >= 0.6 is 22.6 Å². The Hall–Kier alpha value is -0.490. The Morgan fingerprint density at radius 1 is 1.41 bits per heavy atom. The maximum Gasteiger partial charge on any atom is 0.0608 e. The number of rotatable bonds is 3. The molecule has 0 saturated carbocycles. The molecule has 94 valence electrons. The number of hydrogen-bond acceptors (Lipinski definition) is 3. The number of ether oxygens (including phenoxy) is 1. The van der Waals surface area contributed by atoms with E-state index < -0.39 is 0 Å². The monoisotopic (exact) mass is 346 g/mol. The maximum absolute atomic E-state index is 5.78. The van der Waals surface area contributed by atoms with Gasteiger partial charge >= 0.3 is 0 Å². The number of hydrogen-bond donors (Lipinski definition) is 1. The summed E-state index contributed by atoms with van der Waals surface area (Å²) in [5, 5.41) is 0. The van der Waals surface area contributed by atoms with Crippen LogP contribution in [0.15, 0.2) is 18.2 Å². The fourth-order valence-corrected chi connectivity index (χ4v) is 3.16. The van der Waals surface area contributed by atoms with Crippen LogP contribution in [0.1, 0.15) is 19.8 Å². The molecule has 0 aliphatic carbocycles. The van der Waals surface area contributed by atoms with Crippen molar-refractivity contribution < 1.29 is 4.74 Å². The van der Waals surface area contributed by atoms with Crippen LogP contribution in [0.3, 0.4) is 0 Å². The van der Waals surface area contributed by atoms with Gasteiger partial charge in [0.15, 0.2) is 0 Å². The zero-order chi connectivity index (χ0) is 12.3. The summed E-state index contributed by atoms with van der Waals surface area (Å²) in [6.07, 6.45) is 2.69. The molecule has 0 amide bonds. The Bertz CT molecular complexity index is 376. The van der Waals surface area contributed by atoms with Crippen molar-refractivity contribution in [3.8, 4) is 0 Å². The molecule has 4 heteroatoms. The van der Waals surface area contributed by atoms with Gasteiger partial charge < -0.3 is 15.4 Å². The summed E-state index contributed by atoms with van der Waals surface area (Å²) in [5.41, 5.74) is 7.91. The van der Waals surface area contributed by atoms with E-state index in [1.807, 2.05) is 12.1 Å². The molecule has 0 atom stereocenters. The van der Waals surface area contributed by atoms with E-state index in [0.29, 0.717) is 6.10 Å². The van der Waals surface area contributed by atoms with Gasteiger partial charge in [-0.2, -0.15) is 0 Å². The second-order valence-electron chi connectivity index (χ2n) is 4.35. The molecule has 3 nitrogen and oxygen atoms in total. The number of nitrogens with two attached hydrogens (primary N) is 1. The quantitative estimate of drug-likeness (QED) is 0.676. The van der Waals surface area contributed by atoms with E-state index in [4.69, 9.17) is 10.5 Å². The van der Waals surface area contributed by atoms with Gasteiger partial charge in [0.05, 0.1) is 11.8 Å². The van der Waals surface area contributed by atoms with Gasteiger partial charge in [-0.05, 0) is 60.6 Å². The van der Waals surface area contributed by atoms with Crippen molar-refractivity contribution in [2.24, 2.45) is 0 Å². The highest BCUT2D eigenvalue weighted by molar-refractivity contribution is 14.1. The summed E-state index contributed by atoms with van der Waals surface area (Å²) < 4.78 is 6.90. The van der Waals surface area contributed by atoms with Crippen LogP contribution in [0.4, 0.5) is 11.4 Å². The molecule has 2 N–H and O–H groups in total. The number of benzene rings is 1. The van der Waals surface area contributed by atoms with Crippen LogP contribution in [0.2, 0.25) is 0 Å². The zero-order valence-electron chi connectivity index (χ0n) is 10.2. The molecule has 2 rings (SSSR count). The van der Waals surface area contributed by atoms with E-state index in [2.05, 4.69) is 40.5 Å². The maximum atomic E-state index is 5.78. The molecule has 1 fully saturated rings. The molecule has 1 aliphatic rings. The second-order valence-corrected chi connectivity index (χ2v) is 5.51. The Morgan fingerprint density at radius 2 is 2.12 bits per heavy atom. The van der Waals surface area contributed by atoms with Crippen molar-refractivity contribution in [1.82, 2.24) is 0 Å². The van der Waals surface area contributed by atoms with Gasteiger partial charge in [-0.1, -0.05) is 0 Å². The van der Waals surface area contributed by atoms with Crippen molar-refractivity contribution in [1.29, 1.82) is 0 Å². The second kappa shape index (κ2) is 5.91. The summed E-state index contributed by atoms with van der Waals surface area (Å²) in [7, 11) is 0. The Balaban J connectivity index is 2.00. The Morgan fingerprint density at radius 3 is 2.71 bits per heavy atom. The molecule has 0 radical (unpaired) electrons. The normalized spacial score (nSPS) is 17.4. The van der Waals surface area contributed by atoms with E-state index in [1.165, 1.54) is 9.26 Å². The Labute approximate surface area is 116 Å². The first-order chi connectivity index (χ1) is 8.20. The van der Waals surface area contributed by atoms with Gasteiger partial charge in [0.1, 0.15) is 0 Å². The molecule has 17 heavy (non-hydrogen) atoms. The minimum atomic E-state index is 0.447. The van der Waals surface area contributed by atoms with Crippen molar-refractivity contribution in [2.45, 2.75) is 25.9 Å². The van der Waals surface area contributed by atoms with Crippen LogP contribution in [-0.4, -0.2) is 25.8 Å². The minimum Gasteiger partial charge on any atom is -0.399 e. The standard InChI is InChI=1S/C13H19IN2O/c1-2-17-11-5-7-16(8-6-11)13-4-3-10(15)9-12(13)14/h3-4,9,11H,2,5-8,15H2,1H3. The van der Waals surface area contributed by atoms with Crippen molar-refractivity contribution in [3.05, 3.63) is 21.8 Å². The van der Waals surface area contributed by atoms with Gasteiger partial charge in [-0.25, -0.2) is 0 Å². The highest BCUT2D eigenvalue weighted by atomic mass is 127. The molecule has 1 saturated heterocycles. The molecule has 0 aromatic heterocycles. The molecule has 1 aromatic carbocycles. The van der Waals surface area contributed by atoms with Crippen LogP contribution in [0.25, 0.3) is 0 Å². The van der Waals surface area contributed by atoms with E-state index in [-0.39, 0.29) is 0 Å². The van der Waals surface area contributed by atoms with Crippen molar-refractivity contribution >= 4 is 34.0 Å². The molecular formula is C13H19IN2O. The fourth-order valence-electron chi connectivity index (χ4n) is 2.28. The van der Waals surface area contributed by atoms with Crippen molar-refractivity contribution in [3.63, 3.8) is 0 Å². The SMILES string of the molecule is CCOC1CCN(c2ccc(N)cc2I)CC1. The number of nitrogen functional groups attached to an aromatic ring is 1. The van der Waals surface area contributed by atoms with E-state index in [1.54, 1.807) is 0 Å². The van der Waals surface area contributed by atoms with Gasteiger partial charge in [-0.3, -0.25) is 0 Å². The number of halogens is 1. The fraction of sp³-hybridized carbons (Fsp3) is 0.538. The number of piperidine rings is 1. The lowest BCUT2D eigenvalue weighted by molar-refractivity contribution is 0.0459. The molecule has 0 spiro atoms. The highest BCUT2D eigenvalue weighted by Gasteiger charge is 2.20. The summed E-state index contributed by atoms with van der Waals surface area (Å²) in [6.45, 7) is 5.04. The predicted molar refractivity (Wildman–Crippen MR) is 80.4 cm³/mol. The lowest BCUT2D eigenvalue weighted by Gasteiger charge is -2.34. The molecule has 1 aromatic rings. The minimum absolute atomic E-state index is 0.447. The smallest absolute Gasteiger partial charge is 0.0608 e. The lowest BCUT2D eigenvalue weighted by Crippen LogP contribution is -2.37. The number of anilines is 2. The first-order valence-electron chi connectivity index (χ1n) is 6.12. The van der Waals surface area contributed by atoms with E-state index in [0.717, 1.165) is 38.2 Å². The first kappa shape index (κ1) is 13.0. The highest BCUT2D eigenvalue weighted by Crippen LogP contribution is 2.27. The van der Waals surface area contributed by atoms with Crippen molar-refractivity contribution in [2.75, 3.05) is 30.3 Å². The van der Waals surface area contributed by atoms with Crippen LogP contribution in [0, 0.1) is 3.57 Å². The third-order valence-corrected chi connectivity index (χ3v) is 4.02. The largest absolute Gasteiger partial charge is 0.399 e. The molecule has 1 heterocycles. The third kappa shape index (κ3) is 3.25. The summed E-state index contributed by atoms with van der Waals surface area (Å²) in [6, 6.07) is 6.13. The van der Waals surface area contributed by atoms with Gasteiger partial charge in [0.2, 0.25) is 0 Å². The summed E-state index contributed by atoms with van der Waals surface area (Å²) in [4.78, 5) is 2.43.